The first-order valence-corrected chi connectivity index (χ1v) is 7.75. The van der Waals surface area contributed by atoms with Crippen molar-refractivity contribution >= 4 is 11.9 Å². The molecule has 0 aliphatic heterocycles. The molecule has 1 amide bonds. The average molecular weight is 360 g/mol. The van der Waals surface area contributed by atoms with Crippen LogP contribution in [0.1, 0.15) is 15.9 Å². The number of ether oxygens (including phenoxy) is 3. The fourth-order valence-electron chi connectivity index (χ4n) is 2.30. The zero-order valence-corrected chi connectivity index (χ0v) is 14.8. The third-order valence-corrected chi connectivity index (χ3v) is 3.66. The molecule has 8 nitrogen and oxygen atoms in total. The minimum atomic E-state index is -0.579. The largest absolute Gasteiger partial charge is 0.493 e. The van der Waals surface area contributed by atoms with Crippen LogP contribution in [-0.4, -0.2) is 37.8 Å². The van der Waals surface area contributed by atoms with E-state index in [-0.39, 0.29) is 30.1 Å². The number of rotatable bonds is 7. The van der Waals surface area contributed by atoms with Crippen LogP contribution in [0, 0.1) is 0 Å². The molecule has 0 saturated carbocycles. The Bertz CT molecular complexity index is 859. The predicted octanol–water partition coefficient (Wildman–Crippen LogP) is 0.968. The van der Waals surface area contributed by atoms with E-state index < -0.39 is 5.97 Å². The number of carbonyl (C=O) groups excluding carboxylic acids is 2. The Morgan fingerprint density at radius 3 is 2.42 bits per heavy atom. The summed E-state index contributed by atoms with van der Waals surface area (Å²) < 4.78 is 16.1. The van der Waals surface area contributed by atoms with E-state index in [9.17, 15) is 14.4 Å². The number of esters is 1. The van der Waals surface area contributed by atoms with Gasteiger partial charge in [0.05, 0.1) is 26.9 Å². The second kappa shape index (κ2) is 8.70. The van der Waals surface area contributed by atoms with E-state index >= 15 is 0 Å². The van der Waals surface area contributed by atoms with Crippen LogP contribution < -0.4 is 20.3 Å². The summed E-state index contributed by atoms with van der Waals surface area (Å²) in [5.74, 6) is 0.198. The van der Waals surface area contributed by atoms with Gasteiger partial charge < -0.3 is 24.1 Å². The molecule has 1 aromatic heterocycles. The van der Waals surface area contributed by atoms with E-state index in [1.807, 2.05) is 0 Å². The van der Waals surface area contributed by atoms with Crippen LogP contribution in [0.4, 0.5) is 0 Å². The van der Waals surface area contributed by atoms with Gasteiger partial charge in [-0.1, -0.05) is 6.07 Å². The number of amides is 1. The molecule has 138 valence electrons. The van der Waals surface area contributed by atoms with Gasteiger partial charge in [0.15, 0.2) is 11.5 Å². The fraction of sp³-hybridized carbons (Fsp3) is 0.278. The Balaban J connectivity index is 2.03. The molecule has 0 aliphatic rings. The number of aromatic nitrogens is 1. The third kappa shape index (κ3) is 4.62. The lowest BCUT2D eigenvalue weighted by Crippen LogP contribution is -2.32. The lowest BCUT2D eigenvalue weighted by atomic mass is 10.2. The first-order valence-electron chi connectivity index (χ1n) is 7.75. The molecule has 2 rings (SSSR count). The van der Waals surface area contributed by atoms with Crippen molar-refractivity contribution in [2.75, 3.05) is 21.3 Å². The molecule has 2 aromatic rings. The highest BCUT2D eigenvalue weighted by Gasteiger charge is 2.10. The van der Waals surface area contributed by atoms with E-state index in [0.29, 0.717) is 11.5 Å². The third-order valence-electron chi connectivity index (χ3n) is 3.66. The highest BCUT2D eigenvalue weighted by Crippen LogP contribution is 2.27. The smallest absolute Gasteiger partial charge is 0.339 e. The maximum atomic E-state index is 12.1. The van der Waals surface area contributed by atoms with Crippen LogP contribution in [0.15, 0.2) is 41.3 Å². The molecule has 0 radical (unpaired) electrons. The molecule has 0 unspecified atom stereocenters. The standard InChI is InChI=1S/C18H20N2O6/c1-24-14-6-4-12(8-15(14)25-2)9-19-16(21)11-20-10-13(18(23)26-3)5-7-17(20)22/h4-8,10H,9,11H2,1-3H3,(H,19,21). The summed E-state index contributed by atoms with van der Waals surface area (Å²) in [6.45, 7) is 0.0432. The SMILES string of the molecule is COC(=O)c1ccc(=O)n(CC(=O)NCc2ccc(OC)c(OC)c2)c1. The van der Waals surface area contributed by atoms with Crippen LogP contribution in [0.2, 0.25) is 0 Å². The number of carbonyl (C=O) groups is 2. The van der Waals surface area contributed by atoms with Crippen molar-refractivity contribution in [3.8, 4) is 11.5 Å². The van der Waals surface area contributed by atoms with Gasteiger partial charge in [0.2, 0.25) is 5.91 Å². The minimum absolute atomic E-state index is 0.194. The van der Waals surface area contributed by atoms with E-state index in [1.165, 1.54) is 32.5 Å². The predicted molar refractivity (Wildman–Crippen MR) is 93.4 cm³/mol. The summed E-state index contributed by atoms with van der Waals surface area (Å²) in [5, 5.41) is 2.71. The van der Waals surface area contributed by atoms with Gasteiger partial charge in [-0.05, 0) is 23.8 Å². The maximum Gasteiger partial charge on any atom is 0.339 e. The van der Waals surface area contributed by atoms with E-state index in [4.69, 9.17) is 9.47 Å². The normalized spacial score (nSPS) is 10.1. The minimum Gasteiger partial charge on any atom is -0.493 e. The number of pyridine rings is 1. The molecule has 1 aromatic carbocycles. The number of benzene rings is 1. The molecule has 0 fully saturated rings. The molecule has 8 heteroatoms. The summed E-state index contributed by atoms with van der Waals surface area (Å²) in [4.78, 5) is 35.5. The van der Waals surface area contributed by atoms with E-state index in [2.05, 4.69) is 10.1 Å². The molecule has 26 heavy (non-hydrogen) atoms. The van der Waals surface area contributed by atoms with Crippen molar-refractivity contribution < 1.29 is 23.8 Å². The van der Waals surface area contributed by atoms with Gasteiger partial charge in [-0.2, -0.15) is 0 Å². The number of nitrogens with zero attached hydrogens (tertiary/aromatic N) is 1. The van der Waals surface area contributed by atoms with Gasteiger partial charge in [-0.3, -0.25) is 9.59 Å². The summed E-state index contributed by atoms with van der Waals surface area (Å²) in [6.07, 6.45) is 1.30. The number of hydrogen-bond donors (Lipinski definition) is 1. The fourth-order valence-corrected chi connectivity index (χ4v) is 2.30. The first kappa shape index (κ1) is 19.0. The Morgan fingerprint density at radius 1 is 1.04 bits per heavy atom. The molecule has 1 N–H and O–H groups in total. The molecule has 0 atom stereocenters. The Kier molecular flexibility index (Phi) is 6.37. The highest BCUT2D eigenvalue weighted by atomic mass is 16.5. The molecule has 1 heterocycles. The van der Waals surface area contributed by atoms with Crippen LogP contribution in [0.3, 0.4) is 0 Å². The van der Waals surface area contributed by atoms with Crippen LogP contribution in [0.25, 0.3) is 0 Å². The van der Waals surface area contributed by atoms with Crippen molar-refractivity contribution in [2.24, 2.45) is 0 Å². The van der Waals surface area contributed by atoms with Gasteiger partial charge in [0, 0.05) is 18.8 Å². The lowest BCUT2D eigenvalue weighted by molar-refractivity contribution is -0.121. The molecular weight excluding hydrogens is 340 g/mol. The van der Waals surface area contributed by atoms with Crippen LogP contribution in [-0.2, 0) is 22.6 Å². The van der Waals surface area contributed by atoms with E-state index in [1.54, 1.807) is 25.3 Å². The van der Waals surface area contributed by atoms with Gasteiger partial charge in [-0.15, -0.1) is 0 Å². The molecule has 0 aliphatic carbocycles. The van der Waals surface area contributed by atoms with Crippen molar-refractivity contribution in [1.29, 1.82) is 0 Å². The number of methoxy groups -OCH3 is 3. The van der Waals surface area contributed by atoms with Crippen molar-refractivity contribution in [1.82, 2.24) is 9.88 Å². The van der Waals surface area contributed by atoms with Gasteiger partial charge in [0.1, 0.15) is 6.54 Å². The summed E-state index contributed by atoms with van der Waals surface area (Å²) in [5.41, 5.74) is 0.616. The zero-order chi connectivity index (χ0) is 19.1. The average Bonchev–Trinajstić information content (AvgIpc) is 2.67. The summed E-state index contributed by atoms with van der Waals surface area (Å²) in [6, 6.07) is 7.86. The van der Waals surface area contributed by atoms with Gasteiger partial charge in [-0.25, -0.2) is 4.79 Å². The number of nitrogens with one attached hydrogen (secondary N) is 1. The molecular formula is C18H20N2O6. The molecule has 0 bridgehead atoms. The van der Waals surface area contributed by atoms with Crippen LogP contribution >= 0.6 is 0 Å². The van der Waals surface area contributed by atoms with Crippen molar-refractivity contribution in [3.05, 3.63) is 58.0 Å². The van der Waals surface area contributed by atoms with Gasteiger partial charge in [0.25, 0.3) is 5.56 Å². The van der Waals surface area contributed by atoms with E-state index in [0.717, 1.165) is 10.1 Å². The topological polar surface area (TPSA) is 95.9 Å². The summed E-state index contributed by atoms with van der Waals surface area (Å²) in [7, 11) is 4.31. The molecule has 0 spiro atoms. The number of hydrogen-bond acceptors (Lipinski definition) is 6. The van der Waals surface area contributed by atoms with Crippen LogP contribution in [0.5, 0.6) is 11.5 Å². The first-order chi connectivity index (χ1) is 12.5. The monoisotopic (exact) mass is 360 g/mol. The Morgan fingerprint density at radius 2 is 1.77 bits per heavy atom. The van der Waals surface area contributed by atoms with Crippen molar-refractivity contribution in [2.45, 2.75) is 13.1 Å². The maximum absolute atomic E-state index is 12.1. The van der Waals surface area contributed by atoms with Crippen molar-refractivity contribution in [3.63, 3.8) is 0 Å². The second-order valence-electron chi connectivity index (χ2n) is 5.34. The Hall–Kier alpha value is -3.29. The quantitative estimate of drug-likeness (QED) is 0.739. The zero-order valence-electron chi connectivity index (χ0n) is 14.8. The Labute approximate surface area is 150 Å². The van der Waals surface area contributed by atoms with Gasteiger partial charge >= 0.3 is 5.97 Å². The molecule has 0 saturated heterocycles. The summed E-state index contributed by atoms with van der Waals surface area (Å²) >= 11 is 0. The lowest BCUT2D eigenvalue weighted by Gasteiger charge is -2.11. The highest BCUT2D eigenvalue weighted by molar-refractivity contribution is 5.89. The second-order valence-corrected chi connectivity index (χ2v) is 5.34.